The molecular formula is C18H18N2O3S. The summed E-state index contributed by atoms with van der Waals surface area (Å²) in [4.78, 5) is 25.0. The fourth-order valence-electron chi connectivity index (χ4n) is 2.46. The molecule has 24 heavy (non-hydrogen) atoms. The minimum Gasteiger partial charge on any atom is -0.497 e. The van der Waals surface area contributed by atoms with Crippen LogP contribution in [0.15, 0.2) is 47.4 Å². The highest BCUT2D eigenvalue weighted by molar-refractivity contribution is 8.00. The number of methoxy groups -OCH3 is 1. The number of nitrogens with one attached hydrogen (secondary N) is 2. The zero-order valence-corrected chi connectivity index (χ0v) is 14.3. The SMILES string of the molecule is COc1cccc(NC(=O)Cc2ccc3c(c2)NC(=O)C(C)S3)c1. The lowest BCUT2D eigenvalue weighted by Crippen LogP contribution is -2.26. The summed E-state index contributed by atoms with van der Waals surface area (Å²) in [5, 5.41) is 5.63. The number of hydrogen-bond acceptors (Lipinski definition) is 4. The van der Waals surface area contributed by atoms with Crippen molar-refractivity contribution in [3.05, 3.63) is 48.0 Å². The van der Waals surface area contributed by atoms with Crippen molar-refractivity contribution in [2.24, 2.45) is 0 Å². The van der Waals surface area contributed by atoms with Crippen LogP contribution in [0.25, 0.3) is 0 Å². The van der Waals surface area contributed by atoms with E-state index < -0.39 is 0 Å². The van der Waals surface area contributed by atoms with Gasteiger partial charge in [-0.05, 0) is 36.8 Å². The van der Waals surface area contributed by atoms with E-state index in [1.54, 1.807) is 13.2 Å². The molecule has 1 atom stereocenters. The maximum absolute atomic E-state index is 12.2. The second-order valence-electron chi connectivity index (χ2n) is 5.54. The van der Waals surface area contributed by atoms with E-state index in [0.717, 1.165) is 16.1 Å². The molecule has 0 aromatic heterocycles. The first kappa shape index (κ1) is 16.4. The van der Waals surface area contributed by atoms with Crippen LogP contribution in [0.3, 0.4) is 0 Å². The van der Waals surface area contributed by atoms with E-state index in [1.807, 2.05) is 43.3 Å². The Bertz CT molecular complexity index is 792. The van der Waals surface area contributed by atoms with Crippen molar-refractivity contribution < 1.29 is 14.3 Å². The molecule has 2 aromatic carbocycles. The van der Waals surface area contributed by atoms with E-state index in [2.05, 4.69) is 10.6 Å². The van der Waals surface area contributed by atoms with Crippen molar-refractivity contribution in [2.45, 2.75) is 23.5 Å². The number of amides is 2. The van der Waals surface area contributed by atoms with Gasteiger partial charge in [0.2, 0.25) is 11.8 Å². The summed E-state index contributed by atoms with van der Waals surface area (Å²) in [6.45, 7) is 1.87. The number of carbonyl (C=O) groups excluding carboxylic acids is 2. The predicted molar refractivity (Wildman–Crippen MR) is 95.7 cm³/mol. The second kappa shape index (κ2) is 6.97. The first-order chi connectivity index (χ1) is 11.5. The topological polar surface area (TPSA) is 67.4 Å². The molecule has 0 saturated heterocycles. The van der Waals surface area contributed by atoms with E-state index in [1.165, 1.54) is 11.8 Å². The molecule has 1 aliphatic rings. The van der Waals surface area contributed by atoms with Gasteiger partial charge in [0.05, 0.1) is 24.5 Å². The zero-order valence-electron chi connectivity index (χ0n) is 13.5. The summed E-state index contributed by atoms with van der Waals surface area (Å²) in [5.41, 5.74) is 2.31. The molecule has 0 fully saturated rings. The number of hydrogen-bond donors (Lipinski definition) is 2. The van der Waals surface area contributed by atoms with Crippen molar-refractivity contribution >= 4 is 35.0 Å². The second-order valence-corrected chi connectivity index (χ2v) is 6.92. The maximum Gasteiger partial charge on any atom is 0.237 e. The van der Waals surface area contributed by atoms with Crippen LogP contribution in [0, 0.1) is 0 Å². The van der Waals surface area contributed by atoms with Gasteiger partial charge in [0.15, 0.2) is 0 Å². The van der Waals surface area contributed by atoms with E-state index in [-0.39, 0.29) is 23.5 Å². The van der Waals surface area contributed by atoms with E-state index in [4.69, 9.17) is 4.74 Å². The molecule has 3 rings (SSSR count). The summed E-state index contributed by atoms with van der Waals surface area (Å²) in [5.74, 6) is 0.562. The first-order valence-corrected chi connectivity index (χ1v) is 8.47. The van der Waals surface area contributed by atoms with Gasteiger partial charge in [-0.3, -0.25) is 9.59 Å². The number of rotatable bonds is 4. The average Bonchev–Trinajstić information content (AvgIpc) is 2.56. The lowest BCUT2D eigenvalue weighted by molar-refractivity contribution is -0.116. The third-order valence-corrected chi connectivity index (χ3v) is 4.87. The predicted octanol–water partition coefficient (Wildman–Crippen LogP) is 3.31. The minimum atomic E-state index is -0.119. The molecule has 2 amide bonds. The first-order valence-electron chi connectivity index (χ1n) is 7.59. The van der Waals surface area contributed by atoms with E-state index >= 15 is 0 Å². The lowest BCUT2D eigenvalue weighted by atomic mass is 10.1. The van der Waals surface area contributed by atoms with Gasteiger partial charge in [0.1, 0.15) is 5.75 Å². The Morgan fingerprint density at radius 1 is 1.29 bits per heavy atom. The van der Waals surface area contributed by atoms with E-state index in [9.17, 15) is 9.59 Å². The van der Waals surface area contributed by atoms with Crippen LogP contribution >= 0.6 is 11.8 Å². The smallest absolute Gasteiger partial charge is 0.237 e. The Balaban J connectivity index is 1.68. The molecule has 0 aliphatic carbocycles. The third-order valence-electron chi connectivity index (χ3n) is 3.69. The molecule has 2 N–H and O–H groups in total. The van der Waals surface area contributed by atoms with Crippen molar-refractivity contribution in [3.8, 4) is 5.75 Å². The van der Waals surface area contributed by atoms with Crippen LogP contribution in [0.1, 0.15) is 12.5 Å². The van der Waals surface area contributed by atoms with Crippen LogP contribution in [-0.4, -0.2) is 24.2 Å². The minimum absolute atomic E-state index is 0.00881. The highest BCUT2D eigenvalue weighted by Gasteiger charge is 2.23. The Hall–Kier alpha value is -2.47. The molecule has 1 heterocycles. The Kier molecular flexibility index (Phi) is 4.76. The zero-order chi connectivity index (χ0) is 17.1. The Morgan fingerprint density at radius 2 is 2.12 bits per heavy atom. The third kappa shape index (κ3) is 3.71. The highest BCUT2D eigenvalue weighted by atomic mass is 32.2. The van der Waals surface area contributed by atoms with Crippen molar-refractivity contribution in [3.63, 3.8) is 0 Å². The number of thioether (sulfide) groups is 1. The van der Waals surface area contributed by atoms with Crippen molar-refractivity contribution in [1.29, 1.82) is 0 Å². The fraction of sp³-hybridized carbons (Fsp3) is 0.222. The van der Waals surface area contributed by atoms with Crippen molar-refractivity contribution in [2.75, 3.05) is 17.7 Å². The van der Waals surface area contributed by atoms with E-state index in [0.29, 0.717) is 11.4 Å². The molecule has 0 spiro atoms. The Morgan fingerprint density at radius 3 is 2.92 bits per heavy atom. The summed E-state index contributed by atoms with van der Waals surface area (Å²) < 4.78 is 5.14. The van der Waals surface area contributed by atoms with Gasteiger partial charge in [-0.2, -0.15) is 0 Å². The van der Waals surface area contributed by atoms with Gasteiger partial charge < -0.3 is 15.4 Å². The maximum atomic E-state index is 12.2. The highest BCUT2D eigenvalue weighted by Crippen LogP contribution is 2.36. The van der Waals surface area contributed by atoms with Crippen LogP contribution in [-0.2, 0) is 16.0 Å². The average molecular weight is 342 g/mol. The molecule has 5 nitrogen and oxygen atoms in total. The van der Waals surface area contributed by atoms with Gasteiger partial charge in [-0.25, -0.2) is 0 Å². The monoisotopic (exact) mass is 342 g/mol. The van der Waals surface area contributed by atoms with Gasteiger partial charge in [-0.1, -0.05) is 12.1 Å². The molecule has 124 valence electrons. The normalized spacial score (nSPS) is 16.1. The molecule has 1 unspecified atom stereocenters. The Labute approximate surface area is 144 Å². The molecule has 0 bridgehead atoms. The summed E-state index contributed by atoms with van der Waals surface area (Å²) in [6.07, 6.45) is 0.237. The van der Waals surface area contributed by atoms with Crippen LogP contribution in [0.5, 0.6) is 5.75 Å². The number of anilines is 2. The number of ether oxygens (including phenoxy) is 1. The molecule has 1 aliphatic heterocycles. The summed E-state index contributed by atoms with van der Waals surface area (Å²) >= 11 is 1.53. The number of carbonyl (C=O) groups is 2. The molecular weight excluding hydrogens is 324 g/mol. The number of fused-ring (bicyclic) bond motifs is 1. The molecule has 2 aromatic rings. The molecule has 6 heteroatoms. The van der Waals surface area contributed by atoms with Crippen molar-refractivity contribution in [1.82, 2.24) is 0 Å². The largest absolute Gasteiger partial charge is 0.497 e. The van der Waals surface area contributed by atoms with Crippen LogP contribution < -0.4 is 15.4 Å². The standard InChI is InChI=1S/C18H18N2O3S/c1-11-18(22)20-15-8-12(6-7-16(15)24-11)9-17(21)19-13-4-3-5-14(10-13)23-2/h3-8,10-11H,9H2,1-2H3,(H,19,21)(H,20,22). The van der Waals surface area contributed by atoms with Crippen LogP contribution in [0.2, 0.25) is 0 Å². The van der Waals surface area contributed by atoms with Gasteiger partial charge >= 0.3 is 0 Å². The number of benzene rings is 2. The summed E-state index contributed by atoms with van der Waals surface area (Å²) in [7, 11) is 1.58. The molecule has 0 radical (unpaired) electrons. The summed E-state index contributed by atoms with van der Waals surface area (Å²) in [6, 6.07) is 12.9. The van der Waals surface area contributed by atoms with Gasteiger partial charge in [0, 0.05) is 16.6 Å². The lowest BCUT2D eigenvalue weighted by Gasteiger charge is -2.21. The van der Waals surface area contributed by atoms with Gasteiger partial charge in [0.25, 0.3) is 0 Å². The van der Waals surface area contributed by atoms with Crippen LogP contribution in [0.4, 0.5) is 11.4 Å². The quantitative estimate of drug-likeness (QED) is 0.894. The molecule has 0 saturated carbocycles. The fourth-order valence-corrected chi connectivity index (χ4v) is 3.39. The van der Waals surface area contributed by atoms with Gasteiger partial charge in [-0.15, -0.1) is 11.8 Å².